The normalized spacial score (nSPS) is 8.00. The van der Waals surface area contributed by atoms with Gasteiger partial charge < -0.3 is 25.5 Å². The van der Waals surface area contributed by atoms with Crippen molar-refractivity contribution in [3.63, 3.8) is 0 Å². The first kappa shape index (κ1) is 20.0. The van der Waals surface area contributed by atoms with E-state index in [1.54, 1.807) is 0 Å². The Morgan fingerprint density at radius 1 is 0.810 bits per heavy atom. The molecule has 0 atom stereocenters. The molecule has 1 aromatic rings. The molecule has 0 radical (unpaired) electrons. The summed E-state index contributed by atoms with van der Waals surface area (Å²) >= 11 is 0. The average molecular weight is 300 g/mol. The van der Waals surface area contributed by atoms with E-state index >= 15 is 0 Å². The molecule has 21 heavy (non-hydrogen) atoms. The van der Waals surface area contributed by atoms with Gasteiger partial charge in [-0.2, -0.15) is 0 Å². The minimum absolute atomic E-state index is 0.190. The van der Waals surface area contributed by atoms with E-state index in [1.165, 1.54) is 24.3 Å². The Balaban J connectivity index is 0. The second kappa shape index (κ2) is 10.6. The molecular formula is C12H12O9. The van der Waals surface area contributed by atoms with Crippen molar-refractivity contribution in [3.05, 3.63) is 48.0 Å². The SMILES string of the molecule is C=CC(=O)O.O=C(O)O.O=C(O)c1ccccc1C(=O)O. The van der Waals surface area contributed by atoms with Crippen molar-refractivity contribution in [3.8, 4) is 0 Å². The van der Waals surface area contributed by atoms with Crippen molar-refractivity contribution in [1.82, 2.24) is 0 Å². The summed E-state index contributed by atoms with van der Waals surface area (Å²) in [6.45, 7) is 2.96. The van der Waals surface area contributed by atoms with E-state index < -0.39 is 24.1 Å². The molecule has 0 aliphatic rings. The van der Waals surface area contributed by atoms with E-state index in [4.69, 9.17) is 30.3 Å². The minimum Gasteiger partial charge on any atom is -0.478 e. The lowest BCUT2D eigenvalue weighted by Crippen LogP contribution is -2.06. The Hall–Kier alpha value is -3.36. The third-order valence-corrected chi connectivity index (χ3v) is 1.56. The second-order valence-electron chi connectivity index (χ2n) is 2.98. The summed E-state index contributed by atoms with van der Waals surface area (Å²) in [4.78, 5) is 38.7. The van der Waals surface area contributed by atoms with Gasteiger partial charge in [0.05, 0.1) is 11.1 Å². The van der Waals surface area contributed by atoms with Gasteiger partial charge in [-0.25, -0.2) is 19.2 Å². The maximum Gasteiger partial charge on any atom is 0.503 e. The second-order valence-corrected chi connectivity index (χ2v) is 2.98. The van der Waals surface area contributed by atoms with Crippen LogP contribution in [0, 0.1) is 0 Å². The van der Waals surface area contributed by atoms with Crippen LogP contribution in [-0.4, -0.2) is 49.6 Å². The molecule has 0 saturated heterocycles. The van der Waals surface area contributed by atoms with Crippen LogP contribution >= 0.6 is 0 Å². The van der Waals surface area contributed by atoms with Crippen LogP contribution in [0.1, 0.15) is 20.7 Å². The quantitative estimate of drug-likeness (QED) is 0.519. The summed E-state index contributed by atoms with van der Waals surface area (Å²) in [7, 11) is 0. The lowest BCUT2D eigenvalue weighted by Gasteiger charge is -1.98. The van der Waals surface area contributed by atoms with Crippen molar-refractivity contribution >= 4 is 24.1 Å². The zero-order valence-corrected chi connectivity index (χ0v) is 10.5. The number of aliphatic carboxylic acids is 1. The third-order valence-electron chi connectivity index (χ3n) is 1.56. The van der Waals surface area contributed by atoms with Crippen molar-refractivity contribution in [2.45, 2.75) is 0 Å². The number of carbonyl (C=O) groups is 4. The largest absolute Gasteiger partial charge is 0.503 e. The van der Waals surface area contributed by atoms with E-state index in [0.29, 0.717) is 0 Å². The molecule has 114 valence electrons. The fourth-order valence-electron chi connectivity index (χ4n) is 0.856. The molecule has 0 fully saturated rings. The molecule has 5 N–H and O–H groups in total. The van der Waals surface area contributed by atoms with Crippen LogP contribution in [0.15, 0.2) is 36.9 Å². The van der Waals surface area contributed by atoms with E-state index in [9.17, 15) is 14.4 Å². The highest BCUT2D eigenvalue weighted by molar-refractivity contribution is 6.01. The van der Waals surface area contributed by atoms with Gasteiger partial charge >= 0.3 is 24.1 Å². The molecule has 0 aromatic heterocycles. The fraction of sp³-hybridized carbons (Fsp3) is 0. The van der Waals surface area contributed by atoms with Gasteiger partial charge in [0.1, 0.15) is 0 Å². The van der Waals surface area contributed by atoms with Gasteiger partial charge in [-0.1, -0.05) is 18.7 Å². The van der Waals surface area contributed by atoms with Gasteiger partial charge in [0, 0.05) is 6.08 Å². The van der Waals surface area contributed by atoms with Gasteiger partial charge in [0.25, 0.3) is 0 Å². The van der Waals surface area contributed by atoms with E-state index in [1.807, 2.05) is 0 Å². The van der Waals surface area contributed by atoms with Gasteiger partial charge in [-0.05, 0) is 12.1 Å². The standard InChI is InChI=1S/C8H6O4.C3H4O2.CH2O3/c9-7(10)5-3-1-2-4-6(5)8(11)12;1-2-3(4)5;2-1(3)4/h1-4H,(H,9,10)(H,11,12);2H,1H2,(H,4,5);(H2,2,3,4). The Morgan fingerprint density at radius 2 is 1.05 bits per heavy atom. The number of hydrogen-bond donors (Lipinski definition) is 5. The number of rotatable bonds is 3. The summed E-state index contributed by atoms with van der Waals surface area (Å²) in [5, 5.41) is 38.7. The number of hydrogen-bond acceptors (Lipinski definition) is 4. The molecule has 0 aliphatic carbocycles. The minimum atomic E-state index is -1.83. The summed E-state index contributed by atoms with van der Waals surface area (Å²) in [6, 6.07) is 5.48. The summed E-state index contributed by atoms with van der Waals surface area (Å²) in [5.74, 6) is -3.44. The molecule has 9 heteroatoms. The van der Waals surface area contributed by atoms with Crippen LogP contribution in [0.2, 0.25) is 0 Å². The predicted octanol–water partition coefficient (Wildman–Crippen LogP) is 1.56. The first-order valence-corrected chi connectivity index (χ1v) is 4.96. The molecule has 1 aromatic carbocycles. The molecule has 0 heterocycles. The molecule has 0 saturated carbocycles. The van der Waals surface area contributed by atoms with Crippen molar-refractivity contribution < 1.29 is 44.7 Å². The highest BCUT2D eigenvalue weighted by Gasteiger charge is 2.13. The van der Waals surface area contributed by atoms with Crippen molar-refractivity contribution in [2.75, 3.05) is 0 Å². The van der Waals surface area contributed by atoms with Gasteiger partial charge in [-0.3, -0.25) is 0 Å². The molecule has 0 amide bonds. The Morgan fingerprint density at radius 3 is 1.19 bits per heavy atom. The smallest absolute Gasteiger partial charge is 0.478 e. The number of carboxylic acid groups (broad SMARTS) is 5. The van der Waals surface area contributed by atoms with E-state index in [0.717, 1.165) is 6.08 Å². The predicted molar refractivity (Wildman–Crippen MR) is 68.8 cm³/mol. The van der Waals surface area contributed by atoms with Crippen LogP contribution in [0.4, 0.5) is 4.79 Å². The van der Waals surface area contributed by atoms with E-state index in [2.05, 4.69) is 6.58 Å². The first-order valence-electron chi connectivity index (χ1n) is 4.96. The zero-order valence-electron chi connectivity index (χ0n) is 10.5. The van der Waals surface area contributed by atoms with Crippen molar-refractivity contribution in [1.29, 1.82) is 0 Å². The molecular weight excluding hydrogens is 288 g/mol. The van der Waals surface area contributed by atoms with Crippen LogP contribution in [0.3, 0.4) is 0 Å². The third kappa shape index (κ3) is 11.5. The maximum absolute atomic E-state index is 10.5. The number of aromatic carboxylic acids is 2. The Bertz CT molecular complexity index is 496. The topological polar surface area (TPSA) is 169 Å². The highest BCUT2D eigenvalue weighted by Crippen LogP contribution is 2.07. The molecule has 0 bridgehead atoms. The molecule has 9 nitrogen and oxygen atoms in total. The number of carboxylic acids is 3. The lowest BCUT2D eigenvalue weighted by atomic mass is 10.1. The van der Waals surface area contributed by atoms with Crippen molar-refractivity contribution in [2.24, 2.45) is 0 Å². The first-order chi connectivity index (χ1) is 9.63. The molecule has 0 spiro atoms. The number of benzene rings is 1. The summed E-state index contributed by atoms with van der Waals surface area (Å²) < 4.78 is 0. The van der Waals surface area contributed by atoms with Gasteiger partial charge in [-0.15, -0.1) is 0 Å². The zero-order chi connectivity index (χ0) is 17.0. The molecule has 0 aliphatic heterocycles. The highest BCUT2D eigenvalue weighted by atomic mass is 16.6. The Kier molecular flexibility index (Phi) is 10.0. The van der Waals surface area contributed by atoms with Gasteiger partial charge in [0.2, 0.25) is 0 Å². The van der Waals surface area contributed by atoms with Crippen LogP contribution in [-0.2, 0) is 4.79 Å². The summed E-state index contributed by atoms with van der Waals surface area (Å²) in [5.41, 5.74) is -0.380. The van der Waals surface area contributed by atoms with E-state index in [-0.39, 0.29) is 11.1 Å². The maximum atomic E-state index is 10.5. The van der Waals surface area contributed by atoms with Crippen LogP contribution in [0.5, 0.6) is 0 Å². The molecule has 0 unspecified atom stereocenters. The van der Waals surface area contributed by atoms with Gasteiger partial charge in [0.15, 0.2) is 0 Å². The molecule has 1 rings (SSSR count). The summed E-state index contributed by atoms with van der Waals surface area (Å²) in [6.07, 6.45) is -1.00. The monoisotopic (exact) mass is 300 g/mol. The fourth-order valence-corrected chi connectivity index (χ4v) is 0.856. The lowest BCUT2D eigenvalue weighted by molar-refractivity contribution is -0.131. The Labute approximate surface area is 118 Å². The average Bonchev–Trinajstić information content (AvgIpc) is 2.38. The van der Waals surface area contributed by atoms with Crippen LogP contribution < -0.4 is 0 Å². The van der Waals surface area contributed by atoms with Crippen LogP contribution in [0.25, 0.3) is 0 Å².